The Morgan fingerprint density at radius 2 is 1.43 bits per heavy atom. The quantitative estimate of drug-likeness (QED) is 0.429. The molecule has 0 aliphatic carbocycles. The lowest BCUT2D eigenvalue weighted by molar-refractivity contribution is -0.111. The van der Waals surface area contributed by atoms with E-state index in [0.29, 0.717) is 30.0 Å². The first kappa shape index (κ1) is 24.9. The van der Waals surface area contributed by atoms with E-state index >= 15 is 0 Å². The molecule has 0 saturated heterocycles. The zero-order valence-corrected chi connectivity index (χ0v) is 21.3. The molecule has 0 amide bonds. The monoisotopic (exact) mass is 442 g/mol. The fourth-order valence-electron chi connectivity index (χ4n) is 4.37. The van der Waals surface area contributed by atoms with Gasteiger partial charge in [-0.15, -0.1) is 0 Å². The van der Waals surface area contributed by atoms with Gasteiger partial charge in [0.15, 0.2) is 5.12 Å². The van der Waals surface area contributed by atoms with Gasteiger partial charge in [-0.1, -0.05) is 114 Å². The molecule has 0 bridgehead atoms. The van der Waals surface area contributed by atoms with E-state index in [1.54, 1.807) is 0 Å². The highest BCUT2D eigenvalue weighted by Crippen LogP contribution is 2.37. The molecule has 2 rings (SSSR count). The fourth-order valence-corrected chi connectivity index (χ4v) is 9.79. The number of carbonyl (C=O) groups is 1. The van der Waals surface area contributed by atoms with Crippen molar-refractivity contribution in [3.63, 3.8) is 0 Å². The maximum absolute atomic E-state index is 12.0. The van der Waals surface area contributed by atoms with E-state index in [-0.39, 0.29) is 5.04 Å². The second-order valence-electron chi connectivity index (χ2n) is 9.43. The van der Waals surface area contributed by atoms with Gasteiger partial charge in [0.25, 0.3) is 8.32 Å². The molecule has 2 aromatic rings. The number of carbonyl (C=O) groups excluding carboxylic acids is 1. The normalized spacial score (nSPS) is 14.3. The Kier molecular flexibility index (Phi) is 9.39. The van der Waals surface area contributed by atoms with E-state index in [1.165, 1.54) is 22.1 Å². The highest BCUT2D eigenvalue weighted by molar-refractivity contribution is 8.13. The van der Waals surface area contributed by atoms with Gasteiger partial charge < -0.3 is 4.43 Å². The van der Waals surface area contributed by atoms with Gasteiger partial charge in [0, 0.05) is 13.0 Å². The molecule has 0 aromatic heterocycles. The van der Waals surface area contributed by atoms with Crippen LogP contribution >= 0.6 is 11.8 Å². The Bertz CT molecular complexity index is 731. The topological polar surface area (TPSA) is 26.3 Å². The van der Waals surface area contributed by atoms with Crippen molar-refractivity contribution in [3.8, 4) is 0 Å². The second-order valence-corrected chi connectivity index (χ2v) is 15.1. The van der Waals surface area contributed by atoms with Crippen molar-refractivity contribution in [1.29, 1.82) is 0 Å². The SMILES string of the molecule is CCSC(=O)C[C@H](C)C[C@H](C)CO[Si](c1ccccc1)(c1ccccc1)C(C)(C)C. The van der Waals surface area contributed by atoms with Crippen LogP contribution in [0, 0.1) is 11.8 Å². The van der Waals surface area contributed by atoms with Gasteiger partial charge in [0.2, 0.25) is 0 Å². The van der Waals surface area contributed by atoms with Crippen LogP contribution in [0.25, 0.3) is 0 Å². The molecule has 0 radical (unpaired) electrons. The first-order valence-corrected chi connectivity index (χ1v) is 14.0. The molecule has 0 heterocycles. The molecule has 164 valence electrons. The lowest BCUT2D eigenvalue weighted by Crippen LogP contribution is -2.66. The molecule has 0 saturated carbocycles. The van der Waals surface area contributed by atoms with E-state index in [0.717, 1.165) is 12.2 Å². The predicted octanol–water partition coefficient (Wildman–Crippen LogP) is 5.90. The zero-order valence-electron chi connectivity index (χ0n) is 19.5. The first-order valence-electron chi connectivity index (χ1n) is 11.1. The van der Waals surface area contributed by atoms with Crippen LogP contribution in [0.5, 0.6) is 0 Å². The molecule has 2 aromatic carbocycles. The predicted molar refractivity (Wildman–Crippen MR) is 134 cm³/mol. The summed E-state index contributed by atoms with van der Waals surface area (Å²) in [5, 5.41) is 2.94. The number of thioether (sulfide) groups is 1. The van der Waals surface area contributed by atoms with Gasteiger partial charge in [-0.2, -0.15) is 0 Å². The van der Waals surface area contributed by atoms with Crippen molar-refractivity contribution in [1.82, 2.24) is 0 Å². The van der Waals surface area contributed by atoms with Gasteiger partial charge in [-0.3, -0.25) is 4.79 Å². The van der Waals surface area contributed by atoms with E-state index < -0.39 is 8.32 Å². The molecule has 0 aliphatic rings. The summed E-state index contributed by atoms with van der Waals surface area (Å²) < 4.78 is 7.03. The number of benzene rings is 2. The molecule has 2 atom stereocenters. The molecule has 0 unspecified atom stereocenters. The standard InChI is InChI=1S/C26H38O2SSi/c1-7-29-25(27)19-21(2)18-22(3)20-28-30(26(4,5)6,23-14-10-8-11-15-23)24-16-12-9-13-17-24/h8-17,21-22H,7,18-20H2,1-6H3/t21-,22+/m1/s1. The maximum Gasteiger partial charge on any atom is 0.261 e. The summed E-state index contributed by atoms with van der Waals surface area (Å²) in [5.41, 5.74) is 0. The largest absolute Gasteiger partial charge is 0.407 e. The molecule has 0 N–H and O–H groups in total. The average molecular weight is 443 g/mol. The van der Waals surface area contributed by atoms with Crippen LogP contribution in [0.2, 0.25) is 5.04 Å². The Hall–Kier alpha value is -1.36. The second kappa shape index (κ2) is 11.3. The minimum atomic E-state index is -2.48. The molecule has 0 fully saturated rings. The van der Waals surface area contributed by atoms with Crippen LogP contribution < -0.4 is 10.4 Å². The summed E-state index contributed by atoms with van der Waals surface area (Å²) >= 11 is 1.44. The third kappa shape index (κ3) is 6.32. The van der Waals surface area contributed by atoms with Gasteiger partial charge in [0.1, 0.15) is 0 Å². The van der Waals surface area contributed by atoms with Crippen LogP contribution in [-0.4, -0.2) is 25.8 Å². The van der Waals surface area contributed by atoms with Crippen molar-refractivity contribution in [3.05, 3.63) is 60.7 Å². The van der Waals surface area contributed by atoms with Crippen LogP contribution in [0.3, 0.4) is 0 Å². The molecule has 2 nitrogen and oxygen atoms in total. The van der Waals surface area contributed by atoms with Gasteiger partial charge in [0.05, 0.1) is 0 Å². The first-order chi connectivity index (χ1) is 14.2. The number of hydrogen-bond donors (Lipinski definition) is 0. The molecule has 0 spiro atoms. The van der Waals surface area contributed by atoms with Crippen molar-refractivity contribution in [2.75, 3.05) is 12.4 Å². The van der Waals surface area contributed by atoms with E-state index in [4.69, 9.17) is 4.43 Å². The van der Waals surface area contributed by atoms with Crippen LogP contribution in [-0.2, 0) is 9.22 Å². The summed E-state index contributed by atoms with van der Waals surface area (Å²) in [5.74, 6) is 1.65. The molecule has 0 aliphatic heterocycles. The third-order valence-corrected chi connectivity index (χ3v) is 11.4. The average Bonchev–Trinajstić information content (AvgIpc) is 2.69. The number of rotatable bonds is 10. The van der Waals surface area contributed by atoms with Crippen molar-refractivity contribution in [2.24, 2.45) is 11.8 Å². The molecule has 30 heavy (non-hydrogen) atoms. The van der Waals surface area contributed by atoms with Crippen LogP contribution in [0.4, 0.5) is 0 Å². The lowest BCUT2D eigenvalue weighted by atomic mass is 9.96. The molecular weight excluding hydrogens is 404 g/mol. The Labute approximate surface area is 189 Å². The highest BCUT2D eigenvalue weighted by Gasteiger charge is 2.50. The third-order valence-electron chi connectivity index (χ3n) is 5.63. The maximum atomic E-state index is 12.0. The van der Waals surface area contributed by atoms with Crippen LogP contribution in [0.1, 0.15) is 54.4 Å². The smallest absolute Gasteiger partial charge is 0.261 e. The summed E-state index contributed by atoms with van der Waals surface area (Å²) in [7, 11) is -2.48. The summed E-state index contributed by atoms with van der Waals surface area (Å²) in [4.78, 5) is 12.0. The van der Waals surface area contributed by atoms with Gasteiger partial charge in [-0.25, -0.2) is 0 Å². The van der Waals surface area contributed by atoms with Crippen molar-refractivity contribution < 1.29 is 9.22 Å². The lowest BCUT2D eigenvalue weighted by Gasteiger charge is -2.43. The van der Waals surface area contributed by atoms with Crippen molar-refractivity contribution in [2.45, 2.75) is 59.4 Å². The van der Waals surface area contributed by atoms with Gasteiger partial charge >= 0.3 is 0 Å². The fraction of sp³-hybridized carbons (Fsp3) is 0.500. The van der Waals surface area contributed by atoms with E-state index in [2.05, 4.69) is 95.3 Å². The van der Waals surface area contributed by atoms with Gasteiger partial charge in [-0.05, 0) is 39.4 Å². The Balaban J connectivity index is 2.25. The molecule has 4 heteroatoms. The summed E-state index contributed by atoms with van der Waals surface area (Å²) in [6, 6.07) is 21.6. The highest BCUT2D eigenvalue weighted by atomic mass is 32.2. The Morgan fingerprint density at radius 1 is 0.933 bits per heavy atom. The number of hydrogen-bond acceptors (Lipinski definition) is 3. The van der Waals surface area contributed by atoms with Crippen molar-refractivity contribution >= 4 is 35.6 Å². The minimum Gasteiger partial charge on any atom is -0.407 e. The Morgan fingerprint density at radius 3 is 1.87 bits per heavy atom. The minimum absolute atomic E-state index is 0.00518. The summed E-state index contributed by atoms with van der Waals surface area (Å²) in [6.07, 6.45) is 1.66. The van der Waals surface area contributed by atoms with E-state index in [9.17, 15) is 4.79 Å². The summed E-state index contributed by atoms with van der Waals surface area (Å²) in [6.45, 7) is 14.1. The van der Waals surface area contributed by atoms with Crippen LogP contribution in [0.15, 0.2) is 60.7 Å². The molecular formula is C26H38O2SSi. The van der Waals surface area contributed by atoms with E-state index in [1.807, 2.05) is 6.92 Å². The zero-order chi connectivity index (χ0) is 22.2.